The van der Waals surface area contributed by atoms with Crippen molar-refractivity contribution in [3.8, 4) is 0 Å². The third-order valence-electron chi connectivity index (χ3n) is 2.77. The molecule has 0 saturated heterocycles. The van der Waals surface area contributed by atoms with E-state index in [2.05, 4.69) is 0 Å². The lowest BCUT2D eigenvalue weighted by Gasteiger charge is -2.14. The Morgan fingerprint density at radius 1 is 1.00 bits per heavy atom. The van der Waals surface area contributed by atoms with Gasteiger partial charge in [0.15, 0.2) is 11.5 Å². The van der Waals surface area contributed by atoms with Crippen molar-refractivity contribution < 1.29 is 14.3 Å². The zero-order valence-corrected chi connectivity index (χ0v) is 7.95. The Kier molecular flexibility index (Phi) is 1.57. The van der Waals surface area contributed by atoms with Crippen molar-refractivity contribution >= 4 is 11.6 Å². The summed E-state index contributed by atoms with van der Waals surface area (Å²) >= 11 is 0. The van der Waals surface area contributed by atoms with Gasteiger partial charge in [0.2, 0.25) is 5.78 Å². The first-order chi connectivity index (χ1) is 7.29. The molecule has 1 aromatic carbocycles. The number of ether oxygens (including phenoxy) is 1. The molecule has 1 aliphatic heterocycles. The van der Waals surface area contributed by atoms with Crippen LogP contribution in [0.5, 0.6) is 0 Å². The van der Waals surface area contributed by atoms with Gasteiger partial charge in [0, 0.05) is 23.1 Å². The Labute approximate surface area is 86.4 Å². The second-order valence-corrected chi connectivity index (χ2v) is 3.61. The molecule has 1 heterocycles. The average Bonchev–Trinajstić information content (AvgIpc) is 2.75. The molecular weight excluding hydrogens is 192 g/mol. The van der Waals surface area contributed by atoms with Gasteiger partial charge in [0.1, 0.15) is 0 Å². The van der Waals surface area contributed by atoms with Crippen LogP contribution in [0.1, 0.15) is 27.1 Å². The van der Waals surface area contributed by atoms with Crippen LogP contribution in [0.4, 0.5) is 0 Å². The van der Waals surface area contributed by atoms with Crippen LogP contribution < -0.4 is 0 Å². The summed E-state index contributed by atoms with van der Waals surface area (Å²) in [6.07, 6.45) is 0.550. The maximum Gasteiger partial charge on any atom is 0.228 e. The van der Waals surface area contributed by atoms with E-state index in [1.807, 2.05) is 0 Å². The van der Waals surface area contributed by atoms with Crippen molar-refractivity contribution in [3.63, 3.8) is 0 Å². The number of carbonyl (C=O) groups is 2. The Morgan fingerprint density at radius 2 is 1.67 bits per heavy atom. The molecule has 3 rings (SSSR count). The molecule has 0 N–H and O–H groups in total. The molecule has 0 radical (unpaired) electrons. The topological polar surface area (TPSA) is 43.4 Å². The highest BCUT2D eigenvalue weighted by atomic mass is 16.5. The summed E-state index contributed by atoms with van der Waals surface area (Å²) < 4.78 is 5.21. The predicted octanol–water partition coefficient (Wildman–Crippen LogP) is 1.74. The molecule has 0 fully saturated rings. The number of hydrogen-bond acceptors (Lipinski definition) is 3. The Hall–Kier alpha value is -1.90. The second kappa shape index (κ2) is 2.79. The summed E-state index contributed by atoms with van der Waals surface area (Å²) in [5.41, 5.74) is 1.51. The van der Waals surface area contributed by atoms with Crippen LogP contribution in [0.2, 0.25) is 0 Å². The largest absolute Gasteiger partial charge is 0.489 e. The third-order valence-corrected chi connectivity index (χ3v) is 2.77. The van der Waals surface area contributed by atoms with Crippen LogP contribution in [0.3, 0.4) is 0 Å². The van der Waals surface area contributed by atoms with E-state index in [9.17, 15) is 9.59 Å². The lowest BCUT2D eigenvalue weighted by molar-refractivity contribution is 0.0914. The number of carbonyl (C=O) groups excluding carboxylic acids is 2. The zero-order valence-electron chi connectivity index (χ0n) is 7.95. The third kappa shape index (κ3) is 1.00. The van der Waals surface area contributed by atoms with Gasteiger partial charge < -0.3 is 4.74 Å². The predicted molar refractivity (Wildman–Crippen MR) is 52.7 cm³/mol. The van der Waals surface area contributed by atoms with E-state index in [1.165, 1.54) is 0 Å². The van der Waals surface area contributed by atoms with Gasteiger partial charge in [-0.05, 0) is 0 Å². The molecule has 0 saturated carbocycles. The molecule has 3 nitrogen and oxygen atoms in total. The highest BCUT2D eigenvalue weighted by molar-refractivity contribution is 6.26. The van der Waals surface area contributed by atoms with Crippen molar-refractivity contribution in [1.82, 2.24) is 0 Å². The summed E-state index contributed by atoms with van der Waals surface area (Å²) in [6, 6.07) is 6.88. The zero-order chi connectivity index (χ0) is 10.4. The van der Waals surface area contributed by atoms with E-state index in [1.54, 1.807) is 24.3 Å². The SMILES string of the molecule is O=C1C2=C(OCC2)C(=O)c2ccccc21. The van der Waals surface area contributed by atoms with Gasteiger partial charge in [0.05, 0.1) is 6.61 Å². The number of rotatable bonds is 0. The first-order valence-electron chi connectivity index (χ1n) is 4.83. The van der Waals surface area contributed by atoms with Gasteiger partial charge in [-0.15, -0.1) is 0 Å². The van der Waals surface area contributed by atoms with E-state index < -0.39 is 0 Å². The van der Waals surface area contributed by atoms with E-state index >= 15 is 0 Å². The minimum Gasteiger partial charge on any atom is -0.489 e. The van der Waals surface area contributed by atoms with Crippen molar-refractivity contribution in [2.24, 2.45) is 0 Å². The van der Waals surface area contributed by atoms with Crippen LogP contribution >= 0.6 is 0 Å². The van der Waals surface area contributed by atoms with Crippen LogP contribution in [0.15, 0.2) is 35.6 Å². The molecule has 3 heteroatoms. The number of Topliss-reactive ketones (excluding diaryl/α,β-unsaturated/α-hetero) is 2. The molecule has 15 heavy (non-hydrogen) atoms. The van der Waals surface area contributed by atoms with Crippen LogP contribution in [0.25, 0.3) is 0 Å². The van der Waals surface area contributed by atoms with Crippen LogP contribution in [0, 0.1) is 0 Å². The molecule has 74 valence electrons. The van der Waals surface area contributed by atoms with Crippen molar-refractivity contribution in [3.05, 3.63) is 46.7 Å². The van der Waals surface area contributed by atoms with Gasteiger partial charge in [-0.1, -0.05) is 24.3 Å². The summed E-state index contributed by atoms with van der Waals surface area (Å²) in [6.45, 7) is 0.441. The molecule has 2 aliphatic rings. The van der Waals surface area contributed by atoms with Crippen LogP contribution in [-0.2, 0) is 4.74 Å². The maximum absolute atomic E-state index is 12.0. The van der Waals surface area contributed by atoms with Crippen molar-refractivity contribution in [2.75, 3.05) is 6.61 Å². The summed E-state index contributed by atoms with van der Waals surface area (Å²) in [4.78, 5) is 23.9. The maximum atomic E-state index is 12.0. The van der Waals surface area contributed by atoms with Gasteiger partial charge in [-0.3, -0.25) is 9.59 Å². The molecule has 1 aliphatic carbocycles. The highest BCUT2D eigenvalue weighted by Crippen LogP contribution is 2.32. The Bertz CT molecular complexity index is 466. The first-order valence-corrected chi connectivity index (χ1v) is 4.83. The lowest BCUT2D eigenvalue weighted by atomic mass is 9.88. The van der Waals surface area contributed by atoms with Gasteiger partial charge in [-0.2, -0.15) is 0 Å². The van der Waals surface area contributed by atoms with Gasteiger partial charge in [0.25, 0.3) is 0 Å². The summed E-state index contributed by atoms with van der Waals surface area (Å²) in [5.74, 6) is 0.0501. The molecule has 0 atom stereocenters. The molecule has 0 spiro atoms. The smallest absolute Gasteiger partial charge is 0.228 e. The summed E-state index contributed by atoms with van der Waals surface area (Å²) in [7, 11) is 0. The number of benzene rings is 1. The van der Waals surface area contributed by atoms with Crippen molar-refractivity contribution in [1.29, 1.82) is 0 Å². The van der Waals surface area contributed by atoms with Gasteiger partial charge in [-0.25, -0.2) is 0 Å². The quantitative estimate of drug-likeness (QED) is 0.640. The molecule has 0 unspecified atom stereocenters. The number of hydrogen-bond donors (Lipinski definition) is 0. The fourth-order valence-corrected chi connectivity index (χ4v) is 2.04. The standard InChI is InChI=1S/C12H8O3/c13-10-7-3-1-2-4-8(7)11(14)12-9(10)5-6-15-12/h1-4H,5-6H2. The number of ketones is 2. The normalized spacial score (nSPS) is 18.7. The molecule has 0 aromatic heterocycles. The second-order valence-electron chi connectivity index (χ2n) is 3.61. The fraction of sp³-hybridized carbons (Fsp3) is 0.167. The van der Waals surface area contributed by atoms with Crippen molar-refractivity contribution in [2.45, 2.75) is 6.42 Å². The number of allylic oxidation sites excluding steroid dienone is 1. The first kappa shape index (κ1) is 8.41. The summed E-state index contributed by atoms with van der Waals surface area (Å²) in [5, 5.41) is 0. The minimum absolute atomic E-state index is 0.0577. The monoisotopic (exact) mass is 200 g/mol. The molecular formula is C12H8O3. The van der Waals surface area contributed by atoms with Crippen LogP contribution in [-0.4, -0.2) is 18.2 Å². The minimum atomic E-state index is -0.155. The Balaban J connectivity index is 2.26. The van der Waals surface area contributed by atoms with E-state index in [-0.39, 0.29) is 17.3 Å². The van der Waals surface area contributed by atoms with E-state index in [0.29, 0.717) is 29.7 Å². The Morgan fingerprint density at radius 3 is 2.40 bits per heavy atom. The molecule has 0 amide bonds. The lowest BCUT2D eigenvalue weighted by Crippen LogP contribution is -2.19. The highest BCUT2D eigenvalue weighted by Gasteiger charge is 2.35. The van der Waals surface area contributed by atoms with Gasteiger partial charge >= 0.3 is 0 Å². The fourth-order valence-electron chi connectivity index (χ4n) is 2.04. The van der Waals surface area contributed by atoms with E-state index in [4.69, 9.17) is 4.74 Å². The number of fused-ring (bicyclic) bond motifs is 1. The average molecular weight is 200 g/mol. The molecule has 1 aromatic rings. The van der Waals surface area contributed by atoms with E-state index in [0.717, 1.165) is 0 Å². The molecule has 0 bridgehead atoms.